The van der Waals surface area contributed by atoms with Crippen molar-refractivity contribution in [2.45, 2.75) is 52.4 Å². The molecule has 0 aromatic carbocycles. The maximum absolute atomic E-state index is 4.31. The summed E-state index contributed by atoms with van der Waals surface area (Å²) in [5.74, 6) is 0. The smallest absolute Gasteiger partial charge is 0.123 e. The lowest BCUT2D eigenvalue weighted by atomic mass is 9.91. The van der Waals surface area contributed by atoms with Crippen molar-refractivity contribution in [3.8, 4) is 0 Å². The van der Waals surface area contributed by atoms with Gasteiger partial charge >= 0.3 is 0 Å². The highest BCUT2D eigenvalue weighted by molar-refractivity contribution is 7.11. The SMILES string of the molecule is CCNCCCc1nnc(C(C)(C)CC)s1. The molecule has 3 nitrogen and oxygen atoms in total. The molecule has 0 spiro atoms. The van der Waals surface area contributed by atoms with Gasteiger partial charge in [-0.15, -0.1) is 21.5 Å². The Morgan fingerprint density at radius 2 is 2.00 bits per heavy atom. The molecule has 0 fully saturated rings. The molecule has 0 aliphatic carbocycles. The van der Waals surface area contributed by atoms with Crippen LogP contribution in [0.15, 0.2) is 0 Å². The molecular formula is C12H23N3S. The van der Waals surface area contributed by atoms with Crippen LogP contribution in [0, 0.1) is 0 Å². The van der Waals surface area contributed by atoms with Crippen LogP contribution in [0.2, 0.25) is 0 Å². The van der Waals surface area contributed by atoms with Crippen molar-refractivity contribution in [2.24, 2.45) is 0 Å². The third-order valence-electron chi connectivity index (χ3n) is 2.92. The van der Waals surface area contributed by atoms with E-state index in [0.29, 0.717) is 0 Å². The summed E-state index contributed by atoms with van der Waals surface area (Å²) in [5.41, 5.74) is 0.178. The monoisotopic (exact) mass is 241 g/mol. The van der Waals surface area contributed by atoms with Gasteiger partial charge in [-0.05, 0) is 25.9 Å². The molecule has 0 radical (unpaired) electrons. The standard InChI is InChI=1S/C12H23N3S/c1-5-12(3,4)11-15-14-10(16-11)8-7-9-13-6-2/h13H,5-9H2,1-4H3. The minimum Gasteiger partial charge on any atom is -0.317 e. The number of hydrogen-bond acceptors (Lipinski definition) is 4. The van der Waals surface area contributed by atoms with E-state index >= 15 is 0 Å². The van der Waals surface area contributed by atoms with E-state index in [9.17, 15) is 0 Å². The quantitative estimate of drug-likeness (QED) is 0.746. The highest BCUT2D eigenvalue weighted by atomic mass is 32.1. The first kappa shape index (κ1) is 13.6. The van der Waals surface area contributed by atoms with Gasteiger partial charge in [0.2, 0.25) is 0 Å². The second-order valence-corrected chi connectivity index (χ2v) is 5.76. The van der Waals surface area contributed by atoms with Crippen LogP contribution in [0.4, 0.5) is 0 Å². The summed E-state index contributed by atoms with van der Waals surface area (Å²) < 4.78 is 0. The van der Waals surface area contributed by atoms with Crippen LogP contribution in [0.5, 0.6) is 0 Å². The van der Waals surface area contributed by atoms with E-state index in [0.717, 1.165) is 32.4 Å². The average molecular weight is 241 g/mol. The van der Waals surface area contributed by atoms with Gasteiger partial charge in [0.25, 0.3) is 0 Å². The Balaban J connectivity index is 2.45. The molecule has 1 rings (SSSR count). The van der Waals surface area contributed by atoms with Gasteiger partial charge in [-0.1, -0.05) is 27.7 Å². The topological polar surface area (TPSA) is 37.8 Å². The minimum atomic E-state index is 0.178. The fourth-order valence-corrected chi connectivity index (χ4v) is 2.37. The molecule has 92 valence electrons. The Kier molecular flexibility index (Phi) is 5.35. The summed E-state index contributed by atoms with van der Waals surface area (Å²) in [6.07, 6.45) is 3.30. The fourth-order valence-electron chi connectivity index (χ4n) is 1.32. The van der Waals surface area contributed by atoms with Crippen LogP contribution >= 0.6 is 11.3 Å². The molecule has 0 bridgehead atoms. The van der Waals surface area contributed by atoms with Crippen molar-refractivity contribution in [3.05, 3.63) is 10.0 Å². The average Bonchev–Trinajstić information content (AvgIpc) is 2.74. The molecule has 1 aromatic heterocycles. The van der Waals surface area contributed by atoms with E-state index in [2.05, 4.69) is 43.2 Å². The molecule has 0 aliphatic heterocycles. The molecule has 16 heavy (non-hydrogen) atoms. The first-order valence-electron chi connectivity index (χ1n) is 6.13. The molecule has 0 aliphatic rings. The molecule has 4 heteroatoms. The highest BCUT2D eigenvalue weighted by Gasteiger charge is 2.22. The summed E-state index contributed by atoms with van der Waals surface area (Å²) in [6.45, 7) is 10.9. The zero-order valence-electron chi connectivity index (χ0n) is 10.8. The Morgan fingerprint density at radius 3 is 2.62 bits per heavy atom. The van der Waals surface area contributed by atoms with Gasteiger partial charge in [0.1, 0.15) is 10.0 Å². The first-order chi connectivity index (χ1) is 7.60. The molecular weight excluding hydrogens is 218 g/mol. The highest BCUT2D eigenvalue weighted by Crippen LogP contribution is 2.29. The van der Waals surface area contributed by atoms with Gasteiger partial charge in [0, 0.05) is 11.8 Å². The zero-order valence-corrected chi connectivity index (χ0v) is 11.7. The van der Waals surface area contributed by atoms with Gasteiger partial charge in [0.05, 0.1) is 0 Å². The van der Waals surface area contributed by atoms with E-state index < -0.39 is 0 Å². The van der Waals surface area contributed by atoms with Gasteiger partial charge in [0.15, 0.2) is 0 Å². The van der Waals surface area contributed by atoms with Crippen molar-refractivity contribution < 1.29 is 0 Å². The number of rotatable bonds is 7. The first-order valence-corrected chi connectivity index (χ1v) is 6.95. The fraction of sp³-hybridized carbons (Fsp3) is 0.833. The second kappa shape index (κ2) is 6.30. The molecule has 0 saturated heterocycles. The lowest BCUT2D eigenvalue weighted by molar-refractivity contribution is 0.498. The van der Waals surface area contributed by atoms with E-state index in [4.69, 9.17) is 0 Å². The number of nitrogens with one attached hydrogen (secondary N) is 1. The number of hydrogen-bond donors (Lipinski definition) is 1. The lowest BCUT2D eigenvalue weighted by Crippen LogP contribution is -2.14. The van der Waals surface area contributed by atoms with Crippen molar-refractivity contribution in [2.75, 3.05) is 13.1 Å². The van der Waals surface area contributed by atoms with Crippen molar-refractivity contribution in [1.82, 2.24) is 15.5 Å². The molecule has 0 saturated carbocycles. The van der Waals surface area contributed by atoms with Crippen molar-refractivity contribution in [1.29, 1.82) is 0 Å². The Bertz CT molecular complexity index is 307. The van der Waals surface area contributed by atoms with Gasteiger partial charge in [-0.25, -0.2) is 0 Å². The minimum absolute atomic E-state index is 0.178. The summed E-state index contributed by atoms with van der Waals surface area (Å²) >= 11 is 1.77. The second-order valence-electron chi connectivity index (χ2n) is 4.70. The van der Waals surface area contributed by atoms with E-state index in [1.54, 1.807) is 11.3 Å². The van der Waals surface area contributed by atoms with Crippen LogP contribution < -0.4 is 5.32 Å². The third kappa shape index (κ3) is 3.83. The summed E-state index contributed by atoms with van der Waals surface area (Å²) in [4.78, 5) is 0. The van der Waals surface area contributed by atoms with Crippen molar-refractivity contribution >= 4 is 11.3 Å². The Hall–Kier alpha value is -0.480. The molecule has 1 heterocycles. The van der Waals surface area contributed by atoms with Crippen LogP contribution in [-0.4, -0.2) is 23.3 Å². The number of aromatic nitrogens is 2. The maximum atomic E-state index is 4.31. The van der Waals surface area contributed by atoms with E-state index in [1.165, 1.54) is 10.0 Å². The normalized spacial score (nSPS) is 12.0. The number of nitrogens with zero attached hydrogens (tertiary/aromatic N) is 2. The maximum Gasteiger partial charge on any atom is 0.123 e. The molecule has 1 N–H and O–H groups in total. The molecule has 0 unspecified atom stereocenters. The molecule has 0 atom stereocenters. The van der Waals surface area contributed by atoms with E-state index in [1.807, 2.05) is 0 Å². The van der Waals surface area contributed by atoms with E-state index in [-0.39, 0.29) is 5.41 Å². The molecule has 1 aromatic rings. The summed E-state index contributed by atoms with van der Waals surface area (Å²) in [5, 5.41) is 14.2. The van der Waals surface area contributed by atoms with Gasteiger partial charge in [-0.2, -0.15) is 0 Å². The van der Waals surface area contributed by atoms with Crippen LogP contribution in [0.3, 0.4) is 0 Å². The summed E-state index contributed by atoms with van der Waals surface area (Å²) in [7, 11) is 0. The molecule has 0 amide bonds. The lowest BCUT2D eigenvalue weighted by Gasteiger charge is -2.17. The third-order valence-corrected chi connectivity index (χ3v) is 4.27. The Labute approximate surface area is 103 Å². The van der Waals surface area contributed by atoms with Gasteiger partial charge < -0.3 is 5.32 Å². The van der Waals surface area contributed by atoms with Crippen LogP contribution in [0.25, 0.3) is 0 Å². The van der Waals surface area contributed by atoms with Gasteiger partial charge in [-0.3, -0.25) is 0 Å². The Morgan fingerprint density at radius 1 is 1.25 bits per heavy atom. The van der Waals surface area contributed by atoms with Crippen LogP contribution in [-0.2, 0) is 11.8 Å². The zero-order chi connectivity index (χ0) is 12.0. The summed E-state index contributed by atoms with van der Waals surface area (Å²) in [6, 6.07) is 0. The largest absolute Gasteiger partial charge is 0.317 e. The predicted molar refractivity (Wildman–Crippen MR) is 70.1 cm³/mol. The number of aryl methyl sites for hydroxylation is 1. The van der Waals surface area contributed by atoms with Crippen molar-refractivity contribution in [3.63, 3.8) is 0 Å². The van der Waals surface area contributed by atoms with Crippen LogP contribution in [0.1, 0.15) is 50.6 Å². The predicted octanol–water partition coefficient (Wildman–Crippen LogP) is 2.77.